The molecule has 0 aromatic heterocycles. The molecule has 0 fully saturated rings. The van der Waals surface area contributed by atoms with Crippen LogP contribution in [0.4, 0.5) is 0 Å². The minimum absolute atomic E-state index is 0.579. The fraction of sp³-hybridized carbons (Fsp3) is 0.571. The van der Waals surface area contributed by atoms with Gasteiger partial charge in [0.25, 0.3) is 0 Å². The van der Waals surface area contributed by atoms with Gasteiger partial charge in [0.05, 0.1) is 6.61 Å². The van der Waals surface area contributed by atoms with E-state index in [0.29, 0.717) is 12.0 Å². The summed E-state index contributed by atoms with van der Waals surface area (Å²) in [6, 6.07) is 9.02. The summed E-state index contributed by atoms with van der Waals surface area (Å²) in [5.74, 6) is 1.75. The molecule has 0 radical (unpaired) electrons. The van der Waals surface area contributed by atoms with Gasteiger partial charge in [-0.25, -0.2) is 0 Å². The second-order valence-electron chi connectivity index (χ2n) is 4.77. The van der Waals surface area contributed by atoms with Crippen molar-refractivity contribution in [3.8, 4) is 5.75 Å². The fourth-order valence-electron chi connectivity index (χ4n) is 2.26. The summed E-state index contributed by atoms with van der Waals surface area (Å²) in [6.45, 7) is 6.34. The Morgan fingerprint density at radius 3 is 3.00 bits per heavy atom. The van der Waals surface area contributed by atoms with Crippen molar-refractivity contribution in [2.24, 2.45) is 0 Å². The maximum absolute atomic E-state index is 5.66. The molecule has 1 atom stereocenters. The largest absolute Gasteiger partial charge is 0.493 e. The van der Waals surface area contributed by atoms with Crippen LogP contribution in [0.3, 0.4) is 0 Å². The van der Waals surface area contributed by atoms with E-state index in [4.69, 9.17) is 4.74 Å². The lowest BCUT2D eigenvalue weighted by Crippen LogP contribution is -2.26. The third-order valence-electron chi connectivity index (χ3n) is 3.13. The second kappa shape index (κ2) is 5.35. The Morgan fingerprint density at radius 1 is 1.38 bits per heavy atom. The van der Waals surface area contributed by atoms with E-state index in [1.54, 1.807) is 0 Å². The molecule has 1 aromatic rings. The molecule has 1 unspecified atom stereocenters. The van der Waals surface area contributed by atoms with Crippen LogP contribution >= 0.6 is 0 Å². The molecule has 16 heavy (non-hydrogen) atoms. The van der Waals surface area contributed by atoms with Gasteiger partial charge in [-0.3, -0.25) is 0 Å². The highest BCUT2D eigenvalue weighted by Crippen LogP contribution is 2.34. The molecule has 0 bridgehead atoms. The van der Waals surface area contributed by atoms with E-state index in [0.717, 1.165) is 25.3 Å². The molecule has 1 heterocycles. The molecule has 1 aromatic carbocycles. The number of hydrogen-bond donors (Lipinski definition) is 1. The highest BCUT2D eigenvalue weighted by Gasteiger charge is 2.20. The first-order chi connectivity index (χ1) is 7.77. The first-order valence-corrected chi connectivity index (χ1v) is 6.22. The molecule has 0 saturated carbocycles. The van der Waals surface area contributed by atoms with Crippen molar-refractivity contribution in [2.45, 2.75) is 38.6 Å². The predicted octanol–water partition coefficient (Wildman–Crippen LogP) is 2.94. The topological polar surface area (TPSA) is 21.3 Å². The number of hydrogen-bond acceptors (Lipinski definition) is 2. The second-order valence-corrected chi connectivity index (χ2v) is 4.77. The molecule has 2 rings (SSSR count). The van der Waals surface area contributed by atoms with Gasteiger partial charge in [0.15, 0.2) is 0 Å². The minimum Gasteiger partial charge on any atom is -0.493 e. The summed E-state index contributed by atoms with van der Waals surface area (Å²) in [5.41, 5.74) is 1.39. The predicted molar refractivity (Wildman–Crippen MR) is 67.1 cm³/mol. The normalized spacial score (nSPS) is 19.3. The summed E-state index contributed by atoms with van der Waals surface area (Å²) in [6.07, 6.45) is 2.36. The van der Waals surface area contributed by atoms with Crippen LogP contribution in [0.2, 0.25) is 0 Å². The minimum atomic E-state index is 0.579. The first kappa shape index (κ1) is 11.5. The lowest BCUT2D eigenvalue weighted by Gasteiger charge is -2.26. The molecule has 0 saturated heterocycles. The lowest BCUT2D eigenvalue weighted by atomic mass is 9.90. The van der Waals surface area contributed by atoms with Crippen LogP contribution in [-0.2, 0) is 0 Å². The molecule has 1 aliphatic heterocycles. The molecule has 88 valence electrons. The number of nitrogens with one attached hydrogen (secondary N) is 1. The summed E-state index contributed by atoms with van der Waals surface area (Å²) in [5, 5.41) is 3.48. The highest BCUT2D eigenvalue weighted by atomic mass is 16.5. The molecule has 1 aliphatic rings. The van der Waals surface area contributed by atoms with Gasteiger partial charge in [0.2, 0.25) is 0 Å². The van der Waals surface area contributed by atoms with Crippen LogP contribution < -0.4 is 10.1 Å². The van der Waals surface area contributed by atoms with Crippen LogP contribution in [0.15, 0.2) is 24.3 Å². The van der Waals surface area contributed by atoms with Crippen LogP contribution in [0.5, 0.6) is 5.75 Å². The zero-order valence-electron chi connectivity index (χ0n) is 10.2. The van der Waals surface area contributed by atoms with E-state index in [2.05, 4.69) is 37.4 Å². The zero-order valence-corrected chi connectivity index (χ0v) is 10.2. The first-order valence-electron chi connectivity index (χ1n) is 6.22. The van der Waals surface area contributed by atoms with E-state index < -0.39 is 0 Å². The van der Waals surface area contributed by atoms with Gasteiger partial charge in [0.1, 0.15) is 5.75 Å². The van der Waals surface area contributed by atoms with E-state index in [9.17, 15) is 0 Å². The smallest absolute Gasteiger partial charge is 0.122 e. The standard InChI is InChI=1S/C14H21NO/c1-11(2)15-9-7-12-8-10-16-14-6-4-3-5-13(12)14/h3-6,11-12,15H,7-10H2,1-2H3. The van der Waals surface area contributed by atoms with Gasteiger partial charge in [-0.2, -0.15) is 0 Å². The van der Waals surface area contributed by atoms with Crippen molar-refractivity contribution in [1.29, 1.82) is 0 Å². The van der Waals surface area contributed by atoms with E-state index in [1.165, 1.54) is 12.0 Å². The van der Waals surface area contributed by atoms with Gasteiger partial charge in [0, 0.05) is 6.04 Å². The van der Waals surface area contributed by atoms with Crippen LogP contribution in [0, 0.1) is 0 Å². The maximum atomic E-state index is 5.66. The van der Waals surface area contributed by atoms with E-state index >= 15 is 0 Å². The Kier molecular flexibility index (Phi) is 3.83. The fourth-order valence-corrected chi connectivity index (χ4v) is 2.26. The summed E-state index contributed by atoms with van der Waals surface area (Å²) in [7, 11) is 0. The summed E-state index contributed by atoms with van der Waals surface area (Å²) < 4.78 is 5.66. The van der Waals surface area contributed by atoms with Crippen molar-refractivity contribution in [2.75, 3.05) is 13.2 Å². The number of para-hydroxylation sites is 1. The van der Waals surface area contributed by atoms with E-state index in [1.807, 2.05) is 6.07 Å². The molecule has 1 N–H and O–H groups in total. The summed E-state index contributed by atoms with van der Waals surface area (Å²) >= 11 is 0. The third kappa shape index (κ3) is 2.76. The molecule has 0 spiro atoms. The average molecular weight is 219 g/mol. The van der Waals surface area contributed by atoms with Gasteiger partial charge >= 0.3 is 0 Å². The lowest BCUT2D eigenvalue weighted by molar-refractivity contribution is 0.262. The SMILES string of the molecule is CC(C)NCCC1CCOc2ccccc21. The third-order valence-corrected chi connectivity index (χ3v) is 3.13. The van der Waals surface area contributed by atoms with Crippen LogP contribution in [0.25, 0.3) is 0 Å². The van der Waals surface area contributed by atoms with Gasteiger partial charge in [-0.15, -0.1) is 0 Å². The van der Waals surface area contributed by atoms with Gasteiger partial charge in [-0.05, 0) is 36.9 Å². The Balaban J connectivity index is 1.96. The molecule has 0 aliphatic carbocycles. The Bertz CT molecular complexity index is 335. The van der Waals surface area contributed by atoms with Crippen molar-refractivity contribution in [3.63, 3.8) is 0 Å². The Hall–Kier alpha value is -1.02. The molecule has 0 amide bonds. The Morgan fingerprint density at radius 2 is 2.19 bits per heavy atom. The van der Waals surface area contributed by atoms with Crippen molar-refractivity contribution in [3.05, 3.63) is 29.8 Å². The average Bonchev–Trinajstić information content (AvgIpc) is 2.29. The number of ether oxygens (including phenoxy) is 1. The summed E-state index contributed by atoms with van der Waals surface area (Å²) in [4.78, 5) is 0. The molecule has 2 nitrogen and oxygen atoms in total. The monoisotopic (exact) mass is 219 g/mol. The van der Waals surface area contributed by atoms with Crippen molar-refractivity contribution in [1.82, 2.24) is 5.32 Å². The highest BCUT2D eigenvalue weighted by molar-refractivity contribution is 5.37. The zero-order chi connectivity index (χ0) is 11.4. The van der Waals surface area contributed by atoms with Gasteiger partial charge < -0.3 is 10.1 Å². The molecular weight excluding hydrogens is 198 g/mol. The number of rotatable bonds is 4. The molecular formula is C14H21NO. The van der Waals surface area contributed by atoms with Crippen LogP contribution in [0.1, 0.15) is 38.2 Å². The van der Waals surface area contributed by atoms with E-state index in [-0.39, 0.29) is 0 Å². The van der Waals surface area contributed by atoms with Crippen molar-refractivity contribution >= 4 is 0 Å². The van der Waals surface area contributed by atoms with Gasteiger partial charge in [-0.1, -0.05) is 32.0 Å². The van der Waals surface area contributed by atoms with Crippen molar-refractivity contribution < 1.29 is 4.74 Å². The Labute approximate surface area is 98.0 Å². The maximum Gasteiger partial charge on any atom is 0.122 e. The quantitative estimate of drug-likeness (QED) is 0.840. The number of fused-ring (bicyclic) bond motifs is 1. The molecule has 2 heteroatoms. The number of benzene rings is 1. The van der Waals surface area contributed by atoms with Crippen LogP contribution in [-0.4, -0.2) is 19.2 Å².